The van der Waals surface area contributed by atoms with Crippen molar-refractivity contribution in [1.82, 2.24) is 9.62 Å². The zero-order chi connectivity index (χ0) is 23.0. The number of ether oxygens (including phenoxy) is 3. The molecule has 9 heteroatoms. The maximum atomic E-state index is 13.0. The van der Waals surface area contributed by atoms with Gasteiger partial charge in [-0.3, -0.25) is 4.79 Å². The van der Waals surface area contributed by atoms with E-state index in [4.69, 9.17) is 14.2 Å². The molecule has 0 unspecified atom stereocenters. The Morgan fingerprint density at radius 3 is 2.23 bits per heavy atom. The van der Waals surface area contributed by atoms with Gasteiger partial charge in [-0.2, -0.15) is 4.31 Å². The maximum absolute atomic E-state index is 13.0. The van der Waals surface area contributed by atoms with E-state index >= 15 is 0 Å². The molecule has 0 bridgehead atoms. The molecule has 170 valence electrons. The van der Waals surface area contributed by atoms with Crippen LogP contribution in [0, 0.1) is 0 Å². The van der Waals surface area contributed by atoms with Crippen molar-refractivity contribution >= 4 is 15.9 Å². The van der Waals surface area contributed by atoms with Gasteiger partial charge in [0, 0.05) is 6.54 Å². The first-order valence-electron chi connectivity index (χ1n) is 10.0. The average Bonchev–Trinajstić information content (AvgIpc) is 2.77. The van der Waals surface area contributed by atoms with Gasteiger partial charge in [-0.15, -0.1) is 0 Å². The van der Waals surface area contributed by atoms with E-state index in [1.165, 1.54) is 19.2 Å². The molecule has 8 nitrogen and oxygen atoms in total. The molecule has 0 spiro atoms. The molecule has 2 rings (SSSR count). The summed E-state index contributed by atoms with van der Waals surface area (Å²) in [6.45, 7) is 5.72. The van der Waals surface area contributed by atoms with E-state index in [1.54, 1.807) is 38.3 Å². The second kappa shape index (κ2) is 11.0. The minimum Gasteiger partial charge on any atom is -0.494 e. The molecular formula is C22H30N2O6S. The summed E-state index contributed by atoms with van der Waals surface area (Å²) in [5.74, 6) is 1.32. The highest BCUT2D eigenvalue weighted by atomic mass is 32.2. The number of methoxy groups -OCH3 is 2. The quantitative estimate of drug-likeness (QED) is 0.566. The third kappa shape index (κ3) is 6.11. The zero-order valence-electron chi connectivity index (χ0n) is 18.5. The van der Waals surface area contributed by atoms with Crippen LogP contribution in [0.2, 0.25) is 0 Å². The highest BCUT2D eigenvalue weighted by Crippen LogP contribution is 2.30. The van der Waals surface area contributed by atoms with Crippen LogP contribution in [-0.2, 0) is 14.8 Å². The summed E-state index contributed by atoms with van der Waals surface area (Å²) < 4.78 is 42.9. The number of hydrogen-bond acceptors (Lipinski definition) is 6. The molecule has 0 fully saturated rings. The molecule has 2 aromatic carbocycles. The number of sulfonamides is 1. The molecule has 0 saturated heterocycles. The van der Waals surface area contributed by atoms with Crippen molar-refractivity contribution in [2.45, 2.75) is 31.7 Å². The Balaban J connectivity index is 2.09. The predicted molar refractivity (Wildman–Crippen MR) is 118 cm³/mol. The van der Waals surface area contributed by atoms with Gasteiger partial charge in [0.1, 0.15) is 5.75 Å². The van der Waals surface area contributed by atoms with Gasteiger partial charge >= 0.3 is 0 Å². The van der Waals surface area contributed by atoms with Crippen LogP contribution in [-0.4, -0.2) is 52.5 Å². The molecule has 1 atom stereocenters. The number of benzene rings is 2. The van der Waals surface area contributed by atoms with Crippen LogP contribution in [0.5, 0.6) is 17.2 Å². The van der Waals surface area contributed by atoms with E-state index < -0.39 is 15.9 Å². The minimum atomic E-state index is -3.82. The number of amides is 1. The molecule has 1 amide bonds. The first-order valence-corrected chi connectivity index (χ1v) is 11.4. The van der Waals surface area contributed by atoms with Crippen LogP contribution < -0.4 is 19.5 Å². The first kappa shape index (κ1) is 24.5. The molecule has 0 radical (unpaired) electrons. The minimum absolute atomic E-state index is 0.110. The summed E-state index contributed by atoms with van der Waals surface area (Å²) >= 11 is 0. The second-order valence-corrected chi connectivity index (χ2v) is 8.68. The number of likely N-dealkylation sites (N-methyl/N-ethyl adjacent to an activating group) is 1. The Morgan fingerprint density at radius 1 is 1.03 bits per heavy atom. The number of carbonyl (C=O) groups is 1. The fraction of sp³-hybridized carbons (Fsp3) is 0.409. The van der Waals surface area contributed by atoms with Crippen molar-refractivity contribution in [1.29, 1.82) is 0 Å². The van der Waals surface area contributed by atoms with Gasteiger partial charge in [0.2, 0.25) is 15.9 Å². The highest BCUT2D eigenvalue weighted by Gasteiger charge is 2.26. The molecule has 1 N–H and O–H groups in total. The molecule has 0 aliphatic rings. The molecule has 2 aromatic rings. The van der Waals surface area contributed by atoms with Crippen LogP contribution in [0.25, 0.3) is 0 Å². The topological polar surface area (TPSA) is 94.2 Å². The van der Waals surface area contributed by atoms with E-state index in [1.807, 2.05) is 19.9 Å². The molecule has 0 aliphatic carbocycles. The largest absolute Gasteiger partial charge is 0.494 e. The molecular weight excluding hydrogens is 420 g/mol. The fourth-order valence-corrected chi connectivity index (χ4v) is 4.45. The molecule has 0 heterocycles. The van der Waals surface area contributed by atoms with Crippen molar-refractivity contribution in [2.24, 2.45) is 0 Å². The summed E-state index contributed by atoms with van der Waals surface area (Å²) in [6, 6.07) is 11.2. The van der Waals surface area contributed by atoms with Crippen molar-refractivity contribution < 1.29 is 27.4 Å². The smallest absolute Gasteiger partial charge is 0.243 e. The third-order valence-electron chi connectivity index (χ3n) is 4.73. The van der Waals surface area contributed by atoms with Gasteiger partial charge in [0.25, 0.3) is 0 Å². The van der Waals surface area contributed by atoms with Crippen molar-refractivity contribution in [3.8, 4) is 17.2 Å². The Kier molecular flexibility index (Phi) is 8.70. The number of nitrogens with zero attached hydrogens (tertiary/aromatic N) is 1. The molecule has 0 aromatic heterocycles. The van der Waals surface area contributed by atoms with E-state index in [0.29, 0.717) is 23.9 Å². The van der Waals surface area contributed by atoms with Gasteiger partial charge < -0.3 is 19.5 Å². The van der Waals surface area contributed by atoms with E-state index in [-0.39, 0.29) is 24.0 Å². The third-order valence-corrected chi connectivity index (χ3v) is 6.67. The Labute approximate surface area is 184 Å². The van der Waals surface area contributed by atoms with Crippen LogP contribution in [0.3, 0.4) is 0 Å². The molecule has 31 heavy (non-hydrogen) atoms. The van der Waals surface area contributed by atoms with E-state index in [2.05, 4.69) is 5.32 Å². The summed E-state index contributed by atoms with van der Waals surface area (Å²) in [6.07, 6.45) is 0. The maximum Gasteiger partial charge on any atom is 0.243 e. The number of rotatable bonds is 11. The van der Waals surface area contributed by atoms with Crippen molar-refractivity contribution in [3.63, 3.8) is 0 Å². The first-order chi connectivity index (χ1) is 14.8. The summed E-state index contributed by atoms with van der Waals surface area (Å²) in [5, 5.41) is 2.84. The molecule has 0 saturated carbocycles. The standard InChI is InChI=1S/C22H30N2O6S/c1-6-24(31(26,27)19-11-9-18(10-12-19)30-7-2)15-22(25)23-16(3)17-8-13-20(28-4)21(14-17)29-5/h8-14,16H,6-7,15H2,1-5H3,(H,23,25)/t16-/m0/s1. The number of nitrogens with one attached hydrogen (secondary N) is 1. The van der Waals surface area contributed by atoms with Crippen molar-refractivity contribution in [2.75, 3.05) is 33.9 Å². The van der Waals surface area contributed by atoms with Gasteiger partial charge in [0.05, 0.1) is 38.3 Å². The lowest BCUT2D eigenvalue weighted by Gasteiger charge is -2.22. The van der Waals surface area contributed by atoms with Crippen LogP contribution in [0.1, 0.15) is 32.4 Å². The summed E-state index contributed by atoms with van der Waals surface area (Å²) in [5.41, 5.74) is 0.809. The SMILES string of the molecule is CCOc1ccc(S(=O)(=O)N(CC)CC(=O)N[C@@H](C)c2ccc(OC)c(OC)c2)cc1. The molecule has 0 aliphatic heterocycles. The van der Waals surface area contributed by atoms with E-state index in [9.17, 15) is 13.2 Å². The van der Waals surface area contributed by atoms with E-state index in [0.717, 1.165) is 9.87 Å². The van der Waals surface area contributed by atoms with Crippen molar-refractivity contribution in [3.05, 3.63) is 48.0 Å². The predicted octanol–water partition coefficient (Wildman–Crippen LogP) is 2.99. The average molecular weight is 451 g/mol. The van der Waals surface area contributed by atoms with Gasteiger partial charge in [0.15, 0.2) is 11.5 Å². The van der Waals surface area contributed by atoms with Gasteiger partial charge in [-0.25, -0.2) is 8.42 Å². The lowest BCUT2D eigenvalue weighted by molar-refractivity contribution is -0.121. The Hall–Kier alpha value is -2.78. The summed E-state index contributed by atoms with van der Waals surface area (Å²) in [4.78, 5) is 12.7. The fourth-order valence-electron chi connectivity index (χ4n) is 3.04. The highest BCUT2D eigenvalue weighted by molar-refractivity contribution is 7.89. The second-order valence-electron chi connectivity index (χ2n) is 6.74. The zero-order valence-corrected chi connectivity index (χ0v) is 19.4. The normalized spacial score (nSPS) is 12.3. The lowest BCUT2D eigenvalue weighted by Crippen LogP contribution is -2.41. The Morgan fingerprint density at radius 2 is 1.68 bits per heavy atom. The monoisotopic (exact) mass is 450 g/mol. The van der Waals surface area contributed by atoms with Gasteiger partial charge in [-0.05, 0) is 55.8 Å². The van der Waals surface area contributed by atoms with Crippen LogP contribution in [0.15, 0.2) is 47.4 Å². The lowest BCUT2D eigenvalue weighted by atomic mass is 10.1. The van der Waals surface area contributed by atoms with Crippen LogP contribution in [0.4, 0.5) is 0 Å². The van der Waals surface area contributed by atoms with Gasteiger partial charge in [-0.1, -0.05) is 13.0 Å². The summed E-state index contributed by atoms with van der Waals surface area (Å²) in [7, 11) is -0.732. The number of carbonyl (C=O) groups excluding carboxylic acids is 1. The Bertz CT molecular complexity index is 976. The van der Waals surface area contributed by atoms with Crippen LogP contribution >= 0.6 is 0 Å². The number of hydrogen-bond donors (Lipinski definition) is 1.